The van der Waals surface area contributed by atoms with Crippen LogP contribution >= 0.6 is 11.6 Å². The van der Waals surface area contributed by atoms with E-state index in [1.807, 2.05) is 37.6 Å². The summed E-state index contributed by atoms with van der Waals surface area (Å²) in [5, 5.41) is 5.38. The molecule has 1 aliphatic heterocycles. The number of benzene rings is 1. The average Bonchev–Trinajstić information content (AvgIpc) is 3.20. The van der Waals surface area contributed by atoms with Crippen LogP contribution < -0.4 is 4.90 Å². The third-order valence-electron chi connectivity index (χ3n) is 5.26. The number of fused-ring (bicyclic) bond motifs is 1. The Bertz CT molecular complexity index is 1230. The Labute approximate surface area is 177 Å². The summed E-state index contributed by atoms with van der Waals surface area (Å²) in [6, 6.07) is 10.3. The van der Waals surface area contributed by atoms with E-state index in [0.29, 0.717) is 36.0 Å². The third kappa shape index (κ3) is 3.51. The van der Waals surface area contributed by atoms with Crippen LogP contribution in [0.2, 0.25) is 5.02 Å². The minimum atomic E-state index is -0.410. The summed E-state index contributed by atoms with van der Waals surface area (Å²) in [6.45, 7) is 1.87. The number of rotatable bonds is 3. The van der Waals surface area contributed by atoms with Crippen LogP contribution in [-0.2, 0) is 11.8 Å². The topological polar surface area (TPSA) is 56.1 Å². The molecule has 0 N–H and O–H groups in total. The normalized spacial score (nSPS) is 16.9. The van der Waals surface area contributed by atoms with Gasteiger partial charge in [-0.15, -0.1) is 0 Å². The Kier molecular flexibility index (Phi) is 4.84. The van der Waals surface area contributed by atoms with Crippen LogP contribution in [0.4, 0.5) is 10.2 Å². The molecule has 0 bridgehead atoms. The van der Waals surface area contributed by atoms with Crippen molar-refractivity contribution in [2.75, 3.05) is 24.6 Å². The molecule has 8 heteroatoms. The fourth-order valence-corrected chi connectivity index (χ4v) is 3.94. The Balaban J connectivity index is 1.58. The highest BCUT2D eigenvalue weighted by atomic mass is 35.5. The van der Waals surface area contributed by atoms with E-state index in [-0.39, 0.29) is 6.10 Å². The Morgan fingerprint density at radius 1 is 1.23 bits per heavy atom. The van der Waals surface area contributed by atoms with Gasteiger partial charge in [0.05, 0.1) is 24.0 Å². The summed E-state index contributed by atoms with van der Waals surface area (Å²) >= 11 is 5.95. The summed E-state index contributed by atoms with van der Waals surface area (Å²) in [7, 11) is 1.88. The lowest BCUT2D eigenvalue weighted by Gasteiger charge is -2.33. The molecular formula is C22H19ClFN5O. The summed E-state index contributed by atoms with van der Waals surface area (Å²) in [5.74, 6) is 0.329. The van der Waals surface area contributed by atoms with E-state index in [9.17, 15) is 4.39 Å². The van der Waals surface area contributed by atoms with Crippen LogP contribution in [-0.4, -0.2) is 39.4 Å². The smallest absolute Gasteiger partial charge is 0.134 e. The lowest BCUT2D eigenvalue weighted by Crippen LogP contribution is -2.38. The van der Waals surface area contributed by atoms with E-state index in [1.54, 1.807) is 23.0 Å². The van der Waals surface area contributed by atoms with Gasteiger partial charge in [-0.05, 0) is 30.3 Å². The number of morpholine rings is 1. The Morgan fingerprint density at radius 2 is 2.13 bits per heavy atom. The summed E-state index contributed by atoms with van der Waals surface area (Å²) in [6.07, 6.45) is 5.39. The zero-order chi connectivity index (χ0) is 20.7. The predicted octanol–water partition coefficient (Wildman–Crippen LogP) is 4.40. The first-order valence-corrected chi connectivity index (χ1v) is 10.0. The van der Waals surface area contributed by atoms with Crippen molar-refractivity contribution in [1.82, 2.24) is 19.7 Å². The van der Waals surface area contributed by atoms with Gasteiger partial charge >= 0.3 is 0 Å². The van der Waals surface area contributed by atoms with E-state index in [4.69, 9.17) is 21.3 Å². The molecule has 4 aromatic rings. The molecule has 0 amide bonds. The Hall–Kier alpha value is -3.03. The van der Waals surface area contributed by atoms with Crippen molar-refractivity contribution in [3.8, 4) is 11.3 Å². The number of hydrogen-bond donors (Lipinski definition) is 0. The van der Waals surface area contributed by atoms with E-state index >= 15 is 0 Å². The van der Waals surface area contributed by atoms with Crippen molar-refractivity contribution in [1.29, 1.82) is 0 Å². The van der Waals surface area contributed by atoms with Gasteiger partial charge in [-0.1, -0.05) is 11.6 Å². The summed E-state index contributed by atoms with van der Waals surface area (Å²) in [4.78, 5) is 11.5. The molecule has 0 radical (unpaired) electrons. The largest absolute Gasteiger partial charge is 0.370 e. The molecule has 1 aliphatic rings. The van der Waals surface area contributed by atoms with Crippen LogP contribution in [0.15, 0.2) is 55.0 Å². The lowest BCUT2D eigenvalue weighted by atomic mass is 10.1. The second-order valence-electron chi connectivity index (χ2n) is 7.28. The number of aromatic nitrogens is 4. The number of halogens is 2. The van der Waals surface area contributed by atoms with Gasteiger partial charge in [-0.25, -0.2) is 9.37 Å². The molecule has 152 valence electrons. The zero-order valence-corrected chi connectivity index (χ0v) is 17.1. The van der Waals surface area contributed by atoms with Crippen molar-refractivity contribution in [3.63, 3.8) is 0 Å². The van der Waals surface area contributed by atoms with Gasteiger partial charge in [-0.2, -0.15) is 5.10 Å². The van der Waals surface area contributed by atoms with Crippen molar-refractivity contribution >= 4 is 28.3 Å². The second-order valence-corrected chi connectivity index (χ2v) is 7.71. The maximum absolute atomic E-state index is 14.7. The minimum absolute atomic E-state index is 0.107. The fraction of sp³-hybridized carbons (Fsp3) is 0.227. The van der Waals surface area contributed by atoms with Gasteiger partial charge in [0, 0.05) is 60.1 Å². The minimum Gasteiger partial charge on any atom is -0.370 e. The maximum atomic E-state index is 14.7. The average molecular weight is 424 g/mol. The van der Waals surface area contributed by atoms with Gasteiger partial charge < -0.3 is 9.64 Å². The van der Waals surface area contributed by atoms with Crippen LogP contribution in [0.5, 0.6) is 0 Å². The number of pyridine rings is 2. The molecule has 1 aromatic carbocycles. The highest BCUT2D eigenvalue weighted by molar-refractivity contribution is 6.30. The van der Waals surface area contributed by atoms with Crippen LogP contribution in [0.3, 0.4) is 0 Å². The van der Waals surface area contributed by atoms with Gasteiger partial charge in [0.25, 0.3) is 0 Å². The van der Waals surface area contributed by atoms with E-state index in [2.05, 4.69) is 15.0 Å². The zero-order valence-electron chi connectivity index (χ0n) is 16.3. The van der Waals surface area contributed by atoms with Crippen LogP contribution in [0.25, 0.3) is 22.2 Å². The first-order valence-electron chi connectivity index (χ1n) is 9.65. The van der Waals surface area contributed by atoms with Gasteiger partial charge in [0.15, 0.2) is 0 Å². The molecule has 0 spiro atoms. The first-order chi connectivity index (χ1) is 14.6. The molecular weight excluding hydrogens is 405 g/mol. The number of hydrogen-bond acceptors (Lipinski definition) is 5. The molecule has 0 aliphatic carbocycles. The van der Waals surface area contributed by atoms with Crippen molar-refractivity contribution in [2.45, 2.75) is 6.10 Å². The van der Waals surface area contributed by atoms with Gasteiger partial charge in [-0.3, -0.25) is 9.67 Å². The quantitative estimate of drug-likeness (QED) is 0.489. The van der Waals surface area contributed by atoms with Crippen molar-refractivity contribution in [3.05, 3.63) is 71.4 Å². The van der Waals surface area contributed by atoms with Gasteiger partial charge in [0.2, 0.25) is 0 Å². The predicted molar refractivity (Wildman–Crippen MR) is 114 cm³/mol. The van der Waals surface area contributed by atoms with E-state index in [1.165, 1.54) is 6.07 Å². The monoisotopic (exact) mass is 423 g/mol. The SMILES string of the molecule is Cn1cc([C@H]2CN(c3cc4ncccc4c(-c4ccc(Cl)cc4F)n3)CCO2)cn1. The van der Waals surface area contributed by atoms with Crippen molar-refractivity contribution in [2.24, 2.45) is 7.05 Å². The highest BCUT2D eigenvalue weighted by Crippen LogP contribution is 2.33. The lowest BCUT2D eigenvalue weighted by molar-refractivity contribution is 0.0395. The summed E-state index contributed by atoms with van der Waals surface area (Å²) in [5.41, 5.74) is 2.73. The maximum Gasteiger partial charge on any atom is 0.134 e. The fourth-order valence-electron chi connectivity index (χ4n) is 3.78. The molecule has 0 saturated carbocycles. The first kappa shape index (κ1) is 19.0. The van der Waals surface area contributed by atoms with E-state index in [0.717, 1.165) is 22.3 Å². The standard InChI is InChI=1S/C22H19ClFN5O/c1-28-12-14(11-26-28)20-13-29(7-8-30-20)21-10-19-17(3-2-6-25-19)22(27-21)16-5-4-15(23)9-18(16)24/h2-6,9-12,20H,7-8,13H2,1H3/t20-/m1/s1. The molecule has 3 aromatic heterocycles. The van der Waals surface area contributed by atoms with Crippen LogP contribution in [0, 0.1) is 5.82 Å². The van der Waals surface area contributed by atoms with E-state index < -0.39 is 5.82 Å². The van der Waals surface area contributed by atoms with Gasteiger partial charge in [0.1, 0.15) is 17.7 Å². The number of anilines is 1. The molecule has 5 rings (SSSR count). The highest BCUT2D eigenvalue weighted by Gasteiger charge is 2.25. The molecule has 1 saturated heterocycles. The number of nitrogens with zero attached hydrogens (tertiary/aromatic N) is 5. The molecule has 4 heterocycles. The Morgan fingerprint density at radius 3 is 2.93 bits per heavy atom. The number of ether oxygens (including phenoxy) is 1. The molecule has 1 fully saturated rings. The third-order valence-corrected chi connectivity index (χ3v) is 5.49. The molecule has 0 unspecified atom stereocenters. The van der Waals surface area contributed by atoms with Crippen LogP contribution in [0.1, 0.15) is 11.7 Å². The summed E-state index contributed by atoms with van der Waals surface area (Å²) < 4.78 is 22.4. The molecule has 30 heavy (non-hydrogen) atoms. The molecule has 1 atom stereocenters. The van der Waals surface area contributed by atoms with Crippen molar-refractivity contribution < 1.29 is 9.13 Å². The second kappa shape index (κ2) is 7.66. The number of aryl methyl sites for hydroxylation is 1. The molecule has 6 nitrogen and oxygen atoms in total.